The lowest BCUT2D eigenvalue weighted by Crippen LogP contribution is -2.00. The first-order valence-electron chi connectivity index (χ1n) is 4.35. The first-order chi connectivity index (χ1) is 6.88. The van der Waals surface area contributed by atoms with Gasteiger partial charge in [0.2, 0.25) is 0 Å². The summed E-state index contributed by atoms with van der Waals surface area (Å²) in [5.74, 6) is 0. The van der Waals surface area contributed by atoms with Crippen LogP contribution < -0.4 is 4.42 Å². The van der Waals surface area contributed by atoms with Crippen molar-refractivity contribution in [1.29, 1.82) is 0 Å². The third-order valence-electron chi connectivity index (χ3n) is 1.89. The van der Waals surface area contributed by atoms with Crippen molar-refractivity contribution in [2.24, 2.45) is 0 Å². The molecule has 2 aromatic carbocycles. The van der Waals surface area contributed by atoms with E-state index in [1.165, 1.54) is 0 Å². The Hall–Kier alpha value is -1.47. The quantitative estimate of drug-likeness (QED) is 0.670. The number of rotatable bonds is 2. The van der Waals surface area contributed by atoms with Crippen LogP contribution in [-0.2, 0) is 0 Å². The molecule has 0 atom stereocenters. The van der Waals surface area contributed by atoms with E-state index in [0.29, 0.717) is 0 Å². The smallest absolute Gasteiger partial charge is 0.0660 e. The Morgan fingerprint density at radius 3 is 2.29 bits per heavy atom. The zero-order valence-corrected chi connectivity index (χ0v) is 8.28. The van der Waals surface area contributed by atoms with Crippen LogP contribution >= 0.6 is 11.8 Å². The average molecular weight is 203 g/mol. The number of halogens is 1. The fourth-order valence-electron chi connectivity index (χ4n) is 1.20. The first kappa shape index (κ1) is 9.10. The van der Waals surface area contributed by atoms with Crippen LogP contribution in [-0.4, -0.2) is 0 Å². The molecule has 0 unspecified atom stereocenters. The monoisotopic (exact) mass is 202 g/mol. The maximum Gasteiger partial charge on any atom is 0.0660 e. The molecule has 0 saturated heterocycles. The van der Waals surface area contributed by atoms with Gasteiger partial charge in [0.25, 0.3) is 0 Å². The van der Waals surface area contributed by atoms with Gasteiger partial charge in [-0.15, -0.1) is 0 Å². The van der Waals surface area contributed by atoms with Gasteiger partial charge < -0.3 is 0 Å². The molecule has 0 spiro atoms. The highest BCUT2D eigenvalue weighted by Crippen LogP contribution is 2.25. The van der Waals surface area contributed by atoms with Gasteiger partial charge in [-0.25, -0.2) is 0 Å². The summed E-state index contributed by atoms with van der Waals surface area (Å²) < 4.78 is 1.58. The van der Waals surface area contributed by atoms with Crippen molar-refractivity contribution in [3.8, 4) is 0 Å². The van der Waals surface area contributed by atoms with Crippen molar-refractivity contribution in [2.75, 3.05) is 4.42 Å². The molecule has 0 aromatic heterocycles. The molecule has 0 bridgehead atoms. The largest absolute Gasteiger partial charge is 0.253 e. The lowest BCUT2D eigenvalue weighted by molar-refractivity contribution is 1.41. The summed E-state index contributed by atoms with van der Waals surface area (Å²) in [6.07, 6.45) is 0. The van der Waals surface area contributed by atoms with E-state index in [0.717, 1.165) is 11.4 Å². The second-order valence-electron chi connectivity index (χ2n) is 2.86. The number of hydrogen-bond donors (Lipinski definition) is 0. The van der Waals surface area contributed by atoms with Gasteiger partial charge in [-0.1, -0.05) is 36.4 Å². The molecule has 69 valence electrons. The molecule has 0 aliphatic carbocycles. The van der Waals surface area contributed by atoms with Gasteiger partial charge >= 0.3 is 0 Å². The van der Waals surface area contributed by atoms with Crippen LogP contribution in [0, 0.1) is 6.07 Å². The van der Waals surface area contributed by atoms with Crippen LogP contribution in [0.15, 0.2) is 54.6 Å². The highest BCUT2D eigenvalue weighted by Gasteiger charge is 2.03. The Bertz CT molecular complexity index is 346. The number of para-hydroxylation sites is 2. The average Bonchev–Trinajstić information content (AvgIpc) is 2.30. The molecule has 0 fully saturated rings. The minimum atomic E-state index is 0.848. The van der Waals surface area contributed by atoms with Gasteiger partial charge in [-0.2, -0.15) is 0 Å². The van der Waals surface area contributed by atoms with Gasteiger partial charge in [0.05, 0.1) is 11.4 Å². The van der Waals surface area contributed by atoms with Gasteiger partial charge in [-0.05, 0) is 18.2 Å². The van der Waals surface area contributed by atoms with Crippen LogP contribution in [0.25, 0.3) is 0 Å². The number of benzene rings is 2. The van der Waals surface area contributed by atoms with Crippen LogP contribution in [0.5, 0.6) is 0 Å². The van der Waals surface area contributed by atoms with Crippen molar-refractivity contribution in [3.05, 3.63) is 60.7 Å². The van der Waals surface area contributed by atoms with Crippen molar-refractivity contribution in [1.82, 2.24) is 0 Å². The Kier molecular flexibility index (Phi) is 2.70. The van der Waals surface area contributed by atoms with Crippen molar-refractivity contribution in [3.63, 3.8) is 0 Å². The minimum Gasteiger partial charge on any atom is -0.253 e. The fourth-order valence-corrected chi connectivity index (χ4v) is 1.42. The highest BCUT2D eigenvalue weighted by molar-refractivity contribution is 6.29. The SMILES string of the molecule is ClN(c1[c]cccc1)c1ccccc1. The second-order valence-corrected chi connectivity index (χ2v) is 3.20. The third-order valence-corrected chi connectivity index (χ3v) is 2.26. The summed E-state index contributed by atoms with van der Waals surface area (Å²) in [6, 6.07) is 20.4. The van der Waals surface area contributed by atoms with E-state index in [-0.39, 0.29) is 0 Å². The van der Waals surface area contributed by atoms with Crippen LogP contribution in [0.4, 0.5) is 11.4 Å². The molecular formula is C12H9ClN. The number of anilines is 2. The highest BCUT2D eigenvalue weighted by atomic mass is 35.5. The van der Waals surface area contributed by atoms with Crippen molar-refractivity contribution >= 4 is 23.2 Å². The van der Waals surface area contributed by atoms with E-state index in [4.69, 9.17) is 11.8 Å². The lowest BCUT2D eigenvalue weighted by atomic mass is 10.3. The Balaban J connectivity index is 2.30. The topological polar surface area (TPSA) is 3.24 Å². The standard InChI is InChI=1S/C12H9ClN/c13-14(11-7-3-1-4-8-11)12-9-5-2-6-10-12/h1-9H. The third kappa shape index (κ3) is 1.88. The van der Waals surface area contributed by atoms with Crippen molar-refractivity contribution < 1.29 is 0 Å². The molecule has 1 radical (unpaired) electrons. The Labute approximate surface area is 88.7 Å². The van der Waals surface area contributed by atoms with Gasteiger partial charge in [0, 0.05) is 17.8 Å². The molecular weight excluding hydrogens is 194 g/mol. The Morgan fingerprint density at radius 1 is 0.929 bits per heavy atom. The van der Waals surface area contributed by atoms with Gasteiger partial charge in [0.1, 0.15) is 0 Å². The molecule has 2 rings (SSSR count). The van der Waals surface area contributed by atoms with Gasteiger partial charge in [-0.3, -0.25) is 4.42 Å². The van der Waals surface area contributed by atoms with E-state index in [9.17, 15) is 0 Å². The lowest BCUT2D eigenvalue weighted by Gasteiger charge is -2.14. The van der Waals surface area contributed by atoms with Gasteiger partial charge in [0.15, 0.2) is 0 Å². The maximum absolute atomic E-state index is 6.13. The molecule has 2 aromatic rings. The van der Waals surface area contributed by atoms with E-state index in [2.05, 4.69) is 6.07 Å². The summed E-state index contributed by atoms with van der Waals surface area (Å²) in [6.45, 7) is 0. The molecule has 1 nitrogen and oxygen atoms in total. The fraction of sp³-hybridized carbons (Fsp3) is 0. The second kappa shape index (κ2) is 4.16. The van der Waals surface area contributed by atoms with E-state index in [1.54, 1.807) is 4.42 Å². The van der Waals surface area contributed by atoms with E-state index >= 15 is 0 Å². The van der Waals surface area contributed by atoms with E-state index < -0.39 is 0 Å². The molecule has 0 saturated carbocycles. The van der Waals surface area contributed by atoms with Crippen LogP contribution in [0.3, 0.4) is 0 Å². The first-order valence-corrected chi connectivity index (χ1v) is 4.69. The normalized spacial score (nSPS) is 9.79. The summed E-state index contributed by atoms with van der Waals surface area (Å²) in [7, 11) is 0. The molecule has 0 heterocycles. The zero-order valence-electron chi connectivity index (χ0n) is 7.52. The molecule has 0 amide bonds. The summed E-state index contributed by atoms with van der Waals surface area (Å²) in [5.41, 5.74) is 1.79. The molecule has 0 aliphatic rings. The molecule has 0 aliphatic heterocycles. The molecule has 0 N–H and O–H groups in total. The minimum absolute atomic E-state index is 0.848. The van der Waals surface area contributed by atoms with E-state index in [1.807, 2.05) is 54.6 Å². The number of nitrogens with zero attached hydrogens (tertiary/aromatic N) is 1. The van der Waals surface area contributed by atoms with Crippen LogP contribution in [0.1, 0.15) is 0 Å². The zero-order chi connectivity index (χ0) is 9.80. The summed E-state index contributed by atoms with van der Waals surface area (Å²) in [4.78, 5) is 0. The molecule has 2 heteroatoms. The van der Waals surface area contributed by atoms with Crippen molar-refractivity contribution in [2.45, 2.75) is 0 Å². The Morgan fingerprint density at radius 2 is 1.64 bits per heavy atom. The summed E-state index contributed by atoms with van der Waals surface area (Å²) in [5, 5.41) is 0. The summed E-state index contributed by atoms with van der Waals surface area (Å²) >= 11 is 6.13. The predicted molar refractivity (Wildman–Crippen MR) is 59.7 cm³/mol. The maximum atomic E-state index is 6.13. The molecule has 14 heavy (non-hydrogen) atoms. The number of hydrogen-bond acceptors (Lipinski definition) is 1. The van der Waals surface area contributed by atoms with Crippen LogP contribution in [0.2, 0.25) is 0 Å². The predicted octanol–water partition coefficient (Wildman–Crippen LogP) is 3.78.